The highest BCUT2D eigenvalue weighted by molar-refractivity contribution is 7.92. The number of hydrogen-bond donors (Lipinski definition) is 1. The Morgan fingerprint density at radius 2 is 1.68 bits per heavy atom. The van der Waals surface area contributed by atoms with Gasteiger partial charge in [0, 0.05) is 35.6 Å². The summed E-state index contributed by atoms with van der Waals surface area (Å²) in [5.74, 6) is -0.401. The molecule has 0 saturated heterocycles. The van der Waals surface area contributed by atoms with Crippen LogP contribution in [0.2, 0.25) is 10.0 Å². The second-order valence-corrected chi connectivity index (χ2v) is 12.5. The lowest BCUT2D eigenvalue weighted by atomic mass is 10.1. The summed E-state index contributed by atoms with van der Waals surface area (Å²) in [4.78, 5) is 28.0. The van der Waals surface area contributed by atoms with Crippen molar-refractivity contribution in [2.24, 2.45) is 0 Å². The van der Waals surface area contributed by atoms with Crippen LogP contribution in [-0.4, -0.2) is 50.0 Å². The van der Waals surface area contributed by atoms with E-state index in [2.05, 4.69) is 5.32 Å². The van der Waals surface area contributed by atoms with E-state index in [9.17, 15) is 18.0 Å². The van der Waals surface area contributed by atoms with Gasteiger partial charge < -0.3 is 10.2 Å². The molecular weight excluding hydrogens is 533 g/mol. The van der Waals surface area contributed by atoms with Crippen LogP contribution < -0.4 is 9.62 Å². The van der Waals surface area contributed by atoms with E-state index in [-0.39, 0.29) is 43.8 Å². The molecule has 0 bridgehead atoms. The van der Waals surface area contributed by atoms with Crippen molar-refractivity contribution >= 4 is 50.7 Å². The molecule has 1 aliphatic rings. The molecule has 0 heterocycles. The van der Waals surface area contributed by atoms with Crippen molar-refractivity contribution in [3.8, 4) is 0 Å². The smallest absolute Gasteiger partial charge is 0.242 e. The van der Waals surface area contributed by atoms with Crippen LogP contribution in [0, 0.1) is 6.92 Å². The number of rotatable bonds is 11. The quantitative estimate of drug-likeness (QED) is 0.398. The summed E-state index contributed by atoms with van der Waals surface area (Å²) in [6.45, 7) is 3.91. The summed E-state index contributed by atoms with van der Waals surface area (Å²) >= 11 is 12.1. The van der Waals surface area contributed by atoms with Crippen LogP contribution in [0.15, 0.2) is 42.5 Å². The third kappa shape index (κ3) is 8.35. The summed E-state index contributed by atoms with van der Waals surface area (Å²) in [6.07, 6.45) is 5.59. The molecule has 202 valence electrons. The first kappa shape index (κ1) is 29.3. The molecule has 0 radical (unpaired) electrons. The molecule has 1 aliphatic carbocycles. The molecule has 37 heavy (non-hydrogen) atoms. The fourth-order valence-corrected chi connectivity index (χ4v) is 5.90. The van der Waals surface area contributed by atoms with Crippen molar-refractivity contribution in [3.05, 3.63) is 63.6 Å². The zero-order chi connectivity index (χ0) is 27.2. The minimum absolute atomic E-state index is 0.0836. The first-order valence-corrected chi connectivity index (χ1v) is 15.1. The fraction of sp³-hybridized carbons (Fsp3) is 0.481. The van der Waals surface area contributed by atoms with Crippen LogP contribution in [-0.2, 0) is 26.2 Å². The molecule has 1 saturated carbocycles. The van der Waals surface area contributed by atoms with Gasteiger partial charge in [0.25, 0.3) is 0 Å². The number of halogens is 2. The SMILES string of the molecule is Cc1ccc(Cl)cc1N(CCCC(=O)N(Cc1ccc(Cl)cc1)[C@H](C)C(=O)NC1CCCC1)S(C)(=O)=O. The molecule has 7 nitrogen and oxygen atoms in total. The van der Waals surface area contributed by atoms with Crippen molar-refractivity contribution in [3.63, 3.8) is 0 Å². The Morgan fingerprint density at radius 1 is 1.05 bits per heavy atom. The maximum absolute atomic E-state index is 13.4. The predicted octanol–water partition coefficient (Wildman–Crippen LogP) is 5.32. The Labute approximate surface area is 230 Å². The van der Waals surface area contributed by atoms with Crippen LogP contribution in [0.5, 0.6) is 0 Å². The lowest BCUT2D eigenvalue weighted by molar-refractivity contribution is -0.141. The number of aryl methyl sites for hydroxylation is 1. The van der Waals surface area contributed by atoms with Gasteiger partial charge in [-0.05, 0) is 68.5 Å². The molecule has 1 atom stereocenters. The van der Waals surface area contributed by atoms with Gasteiger partial charge in [-0.3, -0.25) is 13.9 Å². The Balaban J connectivity index is 1.73. The highest BCUT2D eigenvalue weighted by Crippen LogP contribution is 2.27. The number of hydrogen-bond acceptors (Lipinski definition) is 4. The number of sulfonamides is 1. The first-order chi connectivity index (χ1) is 17.5. The van der Waals surface area contributed by atoms with Crippen molar-refractivity contribution in [2.45, 2.75) is 71.0 Å². The van der Waals surface area contributed by atoms with Gasteiger partial charge in [-0.25, -0.2) is 8.42 Å². The molecule has 2 amide bonds. The van der Waals surface area contributed by atoms with Crippen LogP contribution in [0.1, 0.15) is 56.6 Å². The summed E-state index contributed by atoms with van der Waals surface area (Å²) in [5.41, 5.74) is 2.11. The molecule has 0 spiro atoms. The molecule has 2 aromatic carbocycles. The van der Waals surface area contributed by atoms with Gasteiger partial charge in [0.2, 0.25) is 21.8 Å². The van der Waals surface area contributed by atoms with Crippen LogP contribution in [0.3, 0.4) is 0 Å². The summed E-state index contributed by atoms with van der Waals surface area (Å²) in [5, 5.41) is 4.10. The molecule has 0 aliphatic heterocycles. The number of nitrogens with zero attached hydrogens (tertiary/aromatic N) is 2. The third-order valence-electron chi connectivity index (χ3n) is 6.73. The Morgan fingerprint density at radius 3 is 2.30 bits per heavy atom. The van der Waals surface area contributed by atoms with Crippen molar-refractivity contribution < 1.29 is 18.0 Å². The van der Waals surface area contributed by atoms with E-state index < -0.39 is 16.1 Å². The third-order valence-corrected chi connectivity index (χ3v) is 8.39. The van der Waals surface area contributed by atoms with E-state index in [1.54, 1.807) is 42.2 Å². The second kappa shape index (κ2) is 13.0. The van der Waals surface area contributed by atoms with Gasteiger partial charge in [-0.1, -0.05) is 54.2 Å². The van der Waals surface area contributed by atoms with E-state index in [1.165, 1.54) is 4.31 Å². The summed E-state index contributed by atoms with van der Waals surface area (Å²) < 4.78 is 26.4. The van der Waals surface area contributed by atoms with Gasteiger partial charge in [0.05, 0.1) is 11.9 Å². The van der Waals surface area contributed by atoms with E-state index >= 15 is 0 Å². The molecule has 10 heteroatoms. The molecule has 1 fully saturated rings. The van der Waals surface area contributed by atoms with Crippen LogP contribution in [0.25, 0.3) is 0 Å². The number of carbonyl (C=O) groups excluding carboxylic acids is 2. The zero-order valence-electron chi connectivity index (χ0n) is 21.5. The number of carbonyl (C=O) groups is 2. The van der Waals surface area contributed by atoms with Gasteiger partial charge in [0.15, 0.2) is 0 Å². The Bertz CT molecular complexity index is 1200. The average molecular weight is 569 g/mol. The van der Waals surface area contributed by atoms with Crippen molar-refractivity contribution in [1.29, 1.82) is 0 Å². The molecule has 0 unspecified atom stereocenters. The van der Waals surface area contributed by atoms with E-state index in [4.69, 9.17) is 23.2 Å². The number of amides is 2. The topological polar surface area (TPSA) is 86.8 Å². The molecule has 2 aromatic rings. The van der Waals surface area contributed by atoms with Crippen molar-refractivity contribution in [1.82, 2.24) is 10.2 Å². The maximum atomic E-state index is 13.4. The number of benzene rings is 2. The predicted molar refractivity (Wildman–Crippen MR) is 149 cm³/mol. The largest absolute Gasteiger partial charge is 0.352 e. The normalized spacial score (nSPS) is 14.8. The van der Waals surface area contributed by atoms with E-state index in [0.29, 0.717) is 15.7 Å². The standard InChI is InChI=1S/C27H35Cl2N3O4S/c1-19-10-13-23(29)17-25(19)32(37(3,35)36)16-6-9-26(33)31(18-21-11-14-22(28)15-12-21)20(2)27(34)30-24-7-4-5-8-24/h10-15,17,20,24H,4-9,16,18H2,1-3H3,(H,30,34)/t20-/m1/s1. The summed E-state index contributed by atoms with van der Waals surface area (Å²) in [6, 6.07) is 11.7. The van der Waals surface area contributed by atoms with Gasteiger partial charge in [-0.2, -0.15) is 0 Å². The fourth-order valence-electron chi connectivity index (χ4n) is 4.59. The molecule has 3 rings (SSSR count). The van der Waals surface area contributed by atoms with E-state index in [0.717, 1.165) is 43.1 Å². The monoisotopic (exact) mass is 567 g/mol. The Hall–Kier alpha value is -2.29. The van der Waals surface area contributed by atoms with Crippen LogP contribution >= 0.6 is 23.2 Å². The first-order valence-electron chi connectivity index (χ1n) is 12.5. The molecule has 0 aromatic heterocycles. The number of nitrogens with one attached hydrogen (secondary N) is 1. The van der Waals surface area contributed by atoms with Crippen molar-refractivity contribution in [2.75, 3.05) is 17.1 Å². The van der Waals surface area contributed by atoms with Gasteiger partial charge in [0.1, 0.15) is 6.04 Å². The summed E-state index contributed by atoms with van der Waals surface area (Å²) in [7, 11) is -3.60. The molecular formula is C27H35Cl2N3O4S. The minimum atomic E-state index is -3.60. The highest BCUT2D eigenvalue weighted by Gasteiger charge is 2.29. The van der Waals surface area contributed by atoms with Gasteiger partial charge >= 0.3 is 0 Å². The lowest BCUT2D eigenvalue weighted by Gasteiger charge is -2.30. The van der Waals surface area contributed by atoms with Gasteiger partial charge in [-0.15, -0.1) is 0 Å². The van der Waals surface area contributed by atoms with E-state index in [1.807, 2.05) is 19.1 Å². The highest BCUT2D eigenvalue weighted by atomic mass is 35.5. The lowest BCUT2D eigenvalue weighted by Crippen LogP contribution is -2.49. The maximum Gasteiger partial charge on any atom is 0.242 e. The average Bonchev–Trinajstić information content (AvgIpc) is 3.35. The number of anilines is 1. The van der Waals surface area contributed by atoms with Crippen LogP contribution in [0.4, 0.5) is 5.69 Å². The zero-order valence-corrected chi connectivity index (χ0v) is 23.9. The second-order valence-electron chi connectivity index (χ2n) is 9.68. The molecule has 1 N–H and O–H groups in total. The Kier molecular flexibility index (Phi) is 10.3. The minimum Gasteiger partial charge on any atom is -0.352 e.